The van der Waals surface area contributed by atoms with Crippen molar-refractivity contribution in [2.24, 2.45) is 5.92 Å². The normalized spacial score (nSPS) is 18.7. The van der Waals surface area contributed by atoms with Crippen molar-refractivity contribution in [3.63, 3.8) is 0 Å². The fourth-order valence-corrected chi connectivity index (χ4v) is 4.26. The summed E-state index contributed by atoms with van der Waals surface area (Å²) in [6, 6.07) is 1.44. The van der Waals surface area contributed by atoms with Gasteiger partial charge in [0, 0.05) is 38.3 Å². The molecule has 4 rings (SSSR count). The van der Waals surface area contributed by atoms with Crippen molar-refractivity contribution < 1.29 is 31.5 Å². The van der Waals surface area contributed by atoms with E-state index in [1.165, 1.54) is 18.9 Å². The van der Waals surface area contributed by atoms with Gasteiger partial charge in [-0.3, -0.25) is 9.69 Å². The molecule has 1 N–H and O–H groups in total. The van der Waals surface area contributed by atoms with Gasteiger partial charge in [0.05, 0.1) is 17.8 Å². The minimum Gasteiger partial charge on any atom is -0.321 e. The third-order valence-electron chi connectivity index (χ3n) is 6.03. The number of aryl methyl sites for hydroxylation is 1. The highest BCUT2D eigenvalue weighted by molar-refractivity contribution is 6.31. The van der Waals surface area contributed by atoms with Crippen LogP contribution in [0, 0.1) is 24.5 Å². The third-order valence-corrected chi connectivity index (χ3v) is 6.38. The Morgan fingerprint density at radius 3 is 2.54 bits per heavy atom. The third kappa shape index (κ3) is 4.76. The van der Waals surface area contributed by atoms with Gasteiger partial charge in [-0.25, -0.2) is 18.6 Å². The molecule has 35 heavy (non-hydrogen) atoms. The molecule has 7 nitrogen and oxygen atoms in total. The molecule has 1 aromatic carbocycles. The fourth-order valence-electron chi connectivity index (χ4n) is 4.10. The second-order valence-corrected chi connectivity index (χ2v) is 8.92. The molecular weight excluding hydrogens is 497 g/mol. The number of hydrogen-bond donors (Lipinski definition) is 1. The van der Waals surface area contributed by atoms with Crippen LogP contribution in [0.25, 0.3) is 0 Å². The van der Waals surface area contributed by atoms with Crippen LogP contribution in [0.15, 0.2) is 24.3 Å². The molecule has 0 radical (unpaired) electrons. The molecular formula is C22H21ClF5N5O2. The van der Waals surface area contributed by atoms with Gasteiger partial charge in [-0.05, 0) is 31.2 Å². The SMILES string of the molecule is Cc1cc(C(F)(F)F)cc(N2C(=O)N(CC3CNC3)C[C@H]2C(=O)N(C)c2ccc(F)c(Cl)c2F)n1. The van der Waals surface area contributed by atoms with Crippen LogP contribution in [-0.2, 0) is 11.0 Å². The molecule has 3 amide bonds. The van der Waals surface area contributed by atoms with Crippen molar-refractivity contribution in [3.05, 3.63) is 52.2 Å². The number of aromatic nitrogens is 1. The van der Waals surface area contributed by atoms with E-state index < -0.39 is 46.4 Å². The Bertz CT molecular complexity index is 1170. The predicted octanol–water partition coefficient (Wildman–Crippen LogP) is 3.83. The monoisotopic (exact) mass is 517 g/mol. The van der Waals surface area contributed by atoms with Crippen molar-refractivity contribution >= 4 is 35.0 Å². The van der Waals surface area contributed by atoms with Crippen molar-refractivity contribution in [3.8, 4) is 0 Å². The minimum atomic E-state index is -4.70. The van der Waals surface area contributed by atoms with Crippen LogP contribution >= 0.6 is 11.6 Å². The lowest BCUT2D eigenvalue weighted by molar-refractivity contribution is -0.137. The maximum atomic E-state index is 14.6. The van der Waals surface area contributed by atoms with Gasteiger partial charge >= 0.3 is 12.2 Å². The standard InChI is InChI=1S/C22H21ClF5N5O2/c1-11-5-13(22(26,27)28)6-17(30-11)33-16(10-32(21(33)35)9-12-7-29-8-12)20(34)31(2)15-4-3-14(24)18(23)19(15)25/h3-6,12,16,29H,7-10H2,1-2H3/t16-/m0/s1. The smallest absolute Gasteiger partial charge is 0.321 e. The molecule has 0 bridgehead atoms. The number of pyridine rings is 1. The summed E-state index contributed by atoms with van der Waals surface area (Å²) in [4.78, 5) is 33.9. The van der Waals surface area contributed by atoms with Gasteiger partial charge in [-0.1, -0.05) is 11.6 Å². The van der Waals surface area contributed by atoms with Crippen LogP contribution in [0.3, 0.4) is 0 Å². The van der Waals surface area contributed by atoms with E-state index in [0.29, 0.717) is 19.2 Å². The van der Waals surface area contributed by atoms with Crippen molar-refractivity contribution in [1.29, 1.82) is 0 Å². The number of benzene rings is 1. The summed E-state index contributed by atoms with van der Waals surface area (Å²) in [6.45, 7) is 2.79. The van der Waals surface area contributed by atoms with E-state index in [-0.39, 0.29) is 36.2 Å². The lowest BCUT2D eigenvalue weighted by atomic mass is 10.0. The number of hydrogen-bond acceptors (Lipinski definition) is 4. The first-order valence-electron chi connectivity index (χ1n) is 10.6. The van der Waals surface area contributed by atoms with Gasteiger partial charge in [-0.15, -0.1) is 0 Å². The maximum absolute atomic E-state index is 14.6. The number of anilines is 2. The zero-order valence-corrected chi connectivity index (χ0v) is 19.4. The average Bonchev–Trinajstić information content (AvgIpc) is 3.08. The van der Waals surface area contributed by atoms with E-state index in [4.69, 9.17) is 11.6 Å². The average molecular weight is 518 g/mol. The Kier molecular flexibility index (Phi) is 6.62. The van der Waals surface area contributed by atoms with E-state index in [1.54, 1.807) is 0 Å². The number of carbonyl (C=O) groups excluding carboxylic acids is 2. The van der Waals surface area contributed by atoms with Crippen LogP contribution in [0.4, 0.5) is 38.3 Å². The molecule has 0 spiro atoms. The summed E-state index contributed by atoms with van der Waals surface area (Å²) < 4.78 is 68.5. The number of halogens is 6. The van der Waals surface area contributed by atoms with Crippen LogP contribution in [0.5, 0.6) is 0 Å². The topological polar surface area (TPSA) is 68.8 Å². The largest absolute Gasteiger partial charge is 0.416 e. The number of amides is 3. The van der Waals surface area contributed by atoms with Crippen LogP contribution in [-0.4, -0.2) is 61.1 Å². The maximum Gasteiger partial charge on any atom is 0.416 e. The van der Waals surface area contributed by atoms with Gasteiger partial charge in [0.1, 0.15) is 22.7 Å². The quantitative estimate of drug-likeness (QED) is 0.483. The van der Waals surface area contributed by atoms with Gasteiger partial charge in [-0.2, -0.15) is 13.2 Å². The predicted molar refractivity (Wildman–Crippen MR) is 118 cm³/mol. The Morgan fingerprint density at radius 2 is 1.94 bits per heavy atom. The molecule has 2 aliphatic rings. The zero-order valence-electron chi connectivity index (χ0n) is 18.7. The Balaban J connectivity index is 1.73. The van der Waals surface area contributed by atoms with Crippen LogP contribution in [0.1, 0.15) is 11.3 Å². The summed E-state index contributed by atoms with van der Waals surface area (Å²) >= 11 is 5.64. The Hall–Kier alpha value is -2.99. The summed E-state index contributed by atoms with van der Waals surface area (Å²) in [7, 11) is 1.21. The number of rotatable bonds is 5. The summed E-state index contributed by atoms with van der Waals surface area (Å²) in [5.41, 5.74) is -1.37. The molecule has 2 aromatic rings. The second-order valence-electron chi connectivity index (χ2n) is 8.54. The van der Waals surface area contributed by atoms with E-state index in [0.717, 1.165) is 28.0 Å². The van der Waals surface area contributed by atoms with Crippen molar-refractivity contribution in [2.45, 2.75) is 19.1 Å². The second kappa shape index (κ2) is 9.23. The lowest BCUT2D eigenvalue weighted by Crippen LogP contribution is -2.49. The molecule has 1 aromatic heterocycles. The molecule has 2 fully saturated rings. The molecule has 188 valence electrons. The molecule has 0 saturated carbocycles. The highest BCUT2D eigenvalue weighted by Gasteiger charge is 2.46. The minimum absolute atomic E-state index is 0.000169. The summed E-state index contributed by atoms with van der Waals surface area (Å²) in [5, 5.41) is 2.26. The first-order valence-corrected chi connectivity index (χ1v) is 11.0. The van der Waals surface area contributed by atoms with Gasteiger partial charge in [0.2, 0.25) is 0 Å². The highest BCUT2D eigenvalue weighted by atomic mass is 35.5. The summed E-state index contributed by atoms with van der Waals surface area (Å²) in [6.07, 6.45) is -4.70. The molecule has 3 heterocycles. The van der Waals surface area contributed by atoms with Gasteiger partial charge in [0.15, 0.2) is 5.82 Å². The zero-order chi connectivity index (χ0) is 25.7. The molecule has 2 aliphatic heterocycles. The van der Waals surface area contributed by atoms with E-state index >= 15 is 0 Å². The van der Waals surface area contributed by atoms with E-state index in [1.807, 2.05) is 0 Å². The number of nitrogens with one attached hydrogen (secondary N) is 1. The van der Waals surface area contributed by atoms with E-state index in [2.05, 4.69) is 10.3 Å². The van der Waals surface area contributed by atoms with Gasteiger partial charge in [0.25, 0.3) is 5.91 Å². The van der Waals surface area contributed by atoms with E-state index in [9.17, 15) is 31.5 Å². The number of likely N-dealkylation sites (N-methyl/N-ethyl adjacent to an activating group) is 1. The molecule has 2 saturated heterocycles. The molecule has 1 atom stereocenters. The fraction of sp³-hybridized carbons (Fsp3) is 0.409. The highest BCUT2D eigenvalue weighted by Crippen LogP contribution is 2.35. The Labute approximate surface area is 202 Å². The number of urea groups is 1. The van der Waals surface area contributed by atoms with Crippen molar-refractivity contribution in [2.75, 3.05) is 43.0 Å². The van der Waals surface area contributed by atoms with Crippen LogP contribution < -0.4 is 15.1 Å². The summed E-state index contributed by atoms with van der Waals surface area (Å²) in [5.74, 6) is -3.22. The molecule has 0 unspecified atom stereocenters. The first kappa shape index (κ1) is 25.1. The van der Waals surface area contributed by atoms with Gasteiger partial charge < -0.3 is 15.1 Å². The number of nitrogens with zero attached hydrogens (tertiary/aromatic N) is 4. The van der Waals surface area contributed by atoms with Crippen LogP contribution in [0.2, 0.25) is 5.02 Å². The first-order chi connectivity index (χ1) is 16.4. The number of alkyl halides is 3. The molecule has 0 aliphatic carbocycles. The molecule has 13 heteroatoms. The Morgan fingerprint density at radius 1 is 1.26 bits per heavy atom. The van der Waals surface area contributed by atoms with Crippen molar-refractivity contribution in [1.82, 2.24) is 15.2 Å². The number of carbonyl (C=O) groups is 2. The lowest BCUT2D eigenvalue weighted by Gasteiger charge is -2.30.